The Morgan fingerprint density at radius 3 is 2.58 bits per heavy atom. The Morgan fingerprint density at radius 2 is 1.96 bits per heavy atom. The molecule has 1 saturated heterocycles. The Morgan fingerprint density at radius 1 is 1.23 bits per heavy atom. The van der Waals surface area contributed by atoms with E-state index in [1.165, 1.54) is 0 Å². The highest BCUT2D eigenvalue weighted by Gasteiger charge is 2.29. The summed E-state index contributed by atoms with van der Waals surface area (Å²) in [6, 6.07) is 18.2. The predicted molar refractivity (Wildman–Crippen MR) is 94.8 cm³/mol. The SMILES string of the molecule is N#C[C@H](NC(=O)[C@H]1CNC(=O)C1)c1ccc(OCc2ccccc2)cc1. The summed E-state index contributed by atoms with van der Waals surface area (Å²) in [5.41, 5.74) is 1.74. The van der Waals surface area contributed by atoms with E-state index in [9.17, 15) is 14.9 Å². The molecule has 3 rings (SSSR count). The van der Waals surface area contributed by atoms with Crippen molar-refractivity contribution in [2.24, 2.45) is 5.92 Å². The Kier molecular flexibility index (Phi) is 5.49. The zero-order valence-electron chi connectivity index (χ0n) is 14.1. The quantitative estimate of drug-likeness (QED) is 0.835. The molecule has 0 radical (unpaired) electrons. The van der Waals surface area contributed by atoms with E-state index in [0.29, 0.717) is 24.5 Å². The van der Waals surface area contributed by atoms with Crippen LogP contribution in [-0.2, 0) is 16.2 Å². The van der Waals surface area contributed by atoms with Crippen LogP contribution in [0.25, 0.3) is 0 Å². The minimum absolute atomic E-state index is 0.140. The summed E-state index contributed by atoms with van der Waals surface area (Å²) in [4.78, 5) is 23.4. The van der Waals surface area contributed by atoms with E-state index in [0.717, 1.165) is 5.56 Å². The molecule has 2 N–H and O–H groups in total. The summed E-state index contributed by atoms with van der Waals surface area (Å²) in [5.74, 6) is -0.170. The highest BCUT2D eigenvalue weighted by atomic mass is 16.5. The summed E-state index contributed by atoms with van der Waals surface area (Å²) in [6.07, 6.45) is 0.163. The third kappa shape index (κ3) is 4.39. The van der Waals surface area contributed by atoms with Crippen LogP contribution in [0.5, 0.6) is 5.75 Å². The molecule has 0 unspecified atom stereocenters. The first-order valence-electron chi connectivity index (χ1n) is 8.39. The topological polar surface area (TPSA) is 91.2 Å². The molecular weight excluding hydrogens is 330 g/mol. The van der Waals surface area contributed by atoms with Crippen LogP contribution < -0.4 is 15.4 Å². The molecule has 2 aromatic rings. The number of amides is 2. The molecular formula is C20H19N3O3. The molecule has 1 aliphatic rings. The van der Waals surface area contributed by atoms with Gasteiger partial charge in [-0.3, -0.25) is 9.59 Å². The van der Waals surface area contributed by atoms with Gasteiger partial charge in [-0.05, 0) is 23.3 Å². The van der Waals surface area contributed by atoms with Gasteiger partial charge in [0.2, 0.25) is 11.8 Å². The molecule has 6 heteroatoms. The number of nitrogens with zero attached hydrogens (tertiary/aromatic N) is 1. The van der Waals surface area contributed by atoms with Crippen LogP contribution in [0.1, 0.15) is 23.6 Å². The smallest absolute Gasteiger partial charge is 0.226 e. The van der Waals surface area contributed by atoms with Gasteiger partial charge in [-0.25, -0.2) is 0 Å². The summed E-state index contributed by atoms with van der Waals surface area (Å²) < 4.78 is 5.72. The van der Waals surface area contributed by atoms with Gasteiger partial charge in [0.25, 0.3) is 0 Å². The third-order valence-corrected chi connectivity index (χ3v) is 4.23. The molecule has 132 valence electrons. The van der Waals surface area contributed by atoms with Crippen molar-refractivity contribution in [3.8, 4) is 11.8 Å². The second kappa shape index (κ2) is 8.17. The zero-order chi connectivity index (χ0) is 18.4. The van der Waals surface area contributed by atoms with E-state index < -0.39 is 12.0 Å². The summed E-state index contributed by atoms with van der Waals surface area (Å²) in [7, 11) is 0. The largest absolute Gasteiger partial charge is 0.489 e. The molecule has 0 spiro atoms. The lowest BCUT2D eigenvalue weighted by atomic mass is 10.0. The Labute approximate surface area is 151 Å². The Bertz CT molecular complexity index is 812. The van der Waals surface area contributed by atoms with Crippen molar-refractivity contribution in [3.63, 3.8) is 0 Å². The first-order chi connectivity index (χ1) is 12.7. The van der Waals surface area contributed by atoms with Crippen molar-refractivity contribution in [2.75, 3.05) is 6.54 Å². The van der Waals surface area contributed by atoms with Gasteiger partial charge in [-0.2, -0.15) is 5.26 Å². The molecule has 1 aliphatic heterocycles. The van der Waals surface area contributed by atoms with Crippen molar-refractivity contribution in [2.45, 2.75) is 19.1 Å². The molecule has 6 nitrogen and oxygen atoms in total. The van der Waals surface area contributed by atoms with Gasteiger partial charge < -0.3 is 15.4 Å². The van der Waals surface area contributed by atoms with Crippen LogP contribution in [0, 0.1) is 17.2 Å². The fourth-order valence-electron chi connectivity index (χ4n) is 2.74. The molecule has 0 bridgehead atoms. The normalized spacial score (nSPS) is 17.0. The Hall–Kier alpha value is -3.33. The molecule has 2 atom stereocenters. The fraction of sp³-hybridized carbons (Fsp3) is 0.250. The molecule has 1 fully saturated rings. The third-order valence-electron chi connectivity index (χ3n) is 4.23. The molecule has 26 heavy (non-hydrogen) atoms. The predicted octanol–water partition coefficient (Wildman–Crippen LogP) is 2.08. The molecule has 0 aromatic heterocycles. The first-order valence-corrected chi connectivity index (χ1v) is 8.39. The number of rotatable bonds is 6. The van der Waals surface area contributed by atoms with Crippen LogP contribution in [-0.4, -0.2) is 18.4 Å². The Balaban J connectivity index is 1.58. The molecule has 1 heterocycles. The minimum Gasteiger partial charge on any atom is -0.489 e. The zero-order valence-corrected chi connectivity index (χ0v) is 14.1. The van der Waals surface area contributed by atoms with Crippen molar-refractivity contribution in [1.82, 2.24) is 10.6 Å². The average Bonchev–Trinajstić information content (AvgIpc) is 3.12. The summed E-state index contributed by atoms with van der Waals surface area (Å²) >= 11 is 0. The monoisotopic (exact) mass is 349 g/mol. The summed E-state index contributed by atoms with van der Waals surface area (Å²) in [5, 5.41) is 14.7. The lowest BCUT2D eigenvalue weighted by Crippen LogP contribution is -2.34. The summed E-state index contributed by atoms with van der Waals surface area (Å²) in [6.45, 7) is 0.774. The second-order valence-corrected chi connectivity index (χ2v) is 6.12. The van der Waals surface area contributed by atoms with Crippen molar-refractivity contribution < 1.29 is 14.3 Å². The van der Waals surface area contributed by atoms with Gasteiger partial charge in [0.1, 0.15) is 18.4 Å². The lowest BCUT2D eigenvalue weighted by molar-refractivity contribution is -0.126. The molecule has 0 aliphatic carbocycles. The van der Waals surface area contributed by atoms with Gasteiger partial charge >= 0.3 is 0 Å². The van der Waals surface area contributed by atoms with Gasteiger partial charge in [-0.15, -0.1) is 0 Å². The lowest BCUT2D eigenvalue weighted by Gasteiger charge is -2.15. The van der Waals surface area contributed by atoms with E-state index in [4.69, 9.17) is 4.74 Å². The van der Waals surface area contributed by atoms with Crippen LogP contribution >= 0.6 is 0 Å². The maximum atomic E-state index is 12.2. The number of carbonyl (C=O) groups is 2. The standard InChI is InChI=1S/C20H19N3O3/c21-11-18(23-20(25)16-10-19(24)22-12-16)15-6-8-17(9-7-15)26-13-14-4-2-1-3-5-14/h1-9,16,18H,10,12-13H2,(H,22,24)(H,23,25)/t16-,18+/m1/s1. The van der Waals surface area contributed by atoms with Crippen molar-refractivity contribution >= 4 is 11.8 Å². The van der Waals surface area contributed by atoms with Gasteiger partial charge in [0.15, 0.2) is 0 Å². The number of hydrogen-bond donors (Lipinski definition) is 2. The van der Waals surface area contributed by atoms with Gasteiger partial charge in [0, 0.05) is 13.0 Å². The van der Waals surface area contributed by atoms with Gasteiger partial charge in [0.05, 0.1) is 12.0 Å². The van der Waals surface area contributed by atoms with Crippen molar-refractivity contribution in [1.29, 1.82) is 5.26 Å². The molecule has 2 amide bonds. The number of ether oxygens (including phenoxy) is 1. The van der Waals surface area contributed by atoms with E-state index >= 15 is 0 Å². The number of hydrogen-bond acceptors (Lipinski definition) is 4. The maximum absolute atomic E-state index is 12.2. The van der Waals surface area contributed by atoms with Crippen LogP contribution in [0.2, 0.25) is 0 Å². The number of nitriles is 1. The van der Waals surface area contributed by atoms with E-state index in [2.05, 4.69) is 16.7 Å². The minimum atomic E-state index is -0.763. The fourth-order valence-corrected chi connectivity index (χ4v) is 2.74. The second-order valence-electron chi connectivity index (χ2n) is 6.12. The van der Waals surface area contributed by atoms with Crippen LogP contribution in [0.4, 0.5) is 0 Å². The highest BCUT2D eigenvalue weighted by Crippen LogP contribution is 2.20. The highest BCUT2D eigenvalue weighted by molar-refractivity contribution is 5.89. The van der Waals surface area contributed by atoms with E-state index in [-0.39, 0.29) is 18.2 Å². The van der Waals surface area contributed by atoms with E-state index in [1.54, 1.807) is 24.3 Å². The average molecular weight is 349 g/mol. The molecule has 0 saturated carbocycles. The maximum Gasteiger partial charge on any atom is 0.226 e. The van der Waals surface area contributed by atoms with E-state index in [1.807, 2.05) is 30.3 Å². The van der Waals surface area contributed by atoms with Crippen LogP contribution in [0.3, 0.4) is 0 Å². The van der Waals surface area contributed by atoms with Crippen molar-refractivity contribution in [3.05, 3.63) is 65.7 Å². The first kappa shape index (κ1) is 17.5. The van der Waals surface area contributed by atoms with Crippen LogP contribution in [0.15, 0.2) is 54.6 Å². The molecule has 2 aromatic carbocycles. The number of carbonyl (C=O) groups excluding carboxylic acids is 2. The number of benzene rings is 2. The van der Waals surface area contributed by atoms with Gasteiger partial charge in [-0.1, -0.05) is 42.5 Å². The number of nitrogens with one attached hydrogen (secondary N) is 2.